The summed E-state index contributed by atoms with van der Waals surface area (Å²) in [6, 6.07) is 11.4. The second-order valence-electron chi connectivity index (χ2n) is 3.62. The van der Waals surface area contributed by atoms with Crippen molar-refractivity contribution in [3.8, 4) is 11.1 Å². The molecule has 0 amide bonds. The lowest BCUT2D eigenvalue weighted by Gasteiger charge is -2.05. The molecular weight excluding hydrogens is 290 g/mol. The third-order valence-corrected chi connectivity index (χ3v) is 3.22. The molecule has 0 saturated carbocycles. The van der Waals surface area contributed by atoms with Gasteiger partial charge in [0.1, 0.15) is 0 Å². The minimum atomic E-state index is -0.419. The van der Waals surface area contributed by atoms with Crippen molar-refractivity contribution in [2.45, 2.75) is 6.92 Å². The molecule has 0 N–H and O–H groups in total. The smallest absolute Gasteiger partial charge is 0.155 e. The fraction of sp³-hybridized carbons (Fsp3) is 0.0769. The number of halogens is 3. The Morgan fingerprint density at radius 3 is 2.25 bits per heavy atom. The fourth-order valence-corrected chi connectivity index (χ4v) is 2.26. The van der Waals surface area contributed by atoms with E-state index in [2.05, 4.69) is 15.9 Å². The molecule has 16 heavy (non-hydrogen) atoms. The summed E-state index contributed by atoms with van der Waals surface area (Å²) in [5.41, 5.74) is 3.11. The van der Waals surface area contributed by atoms with Crippen LogP contribution in [0.25, 0.3) is 11.1 Å². The van der Waals surface area contributed by atoms with Gasteiger partial charge in [-0.2, -0.15) is 0 Å². The largest absolute Gasteiger partial charge is 0.204 e. The third kappa shape index (κ3) is 2.28. The van der Waals surface area contributed by atoms with Crippen LogP contribution < -0.4 is 0 Å². The van der Waals surface area contributed by atoms with Crippen molar-refractivity contribution in [3.05, 3.63) is 57.3 Å². The molecule has 2 aromatic carbocycles. The van der Waals surface area contributed by atoms with E-state index in [1.165, 1.54) is 5.56 Å². The highest BCUT2D eigenvalue weighted by Crippen LogP contribution is 2.30. The maximum Gasteiger partial charge on any atom is 0.155 e. The zero-order valence-corrected chi connectivity index (χ0v) is 10.9. The van der Waals surface area contributed by atoms with E-state index in [-0.39, 0.29) is 5.02 Å². The topological polar surface area (TPSA) is 0 Å². The molecule has 0 atom stereocenters. The minimum Gasteiger partial charge on any atom is -0.204 e. The van der Waals surface area contributed by atoms with E-state index in [1.807, 2.05) is 31.2 Å². The van der Waals surface area contributed by atoms with E-state index in [9.17, 15) is 4.39 Å². The molecule has 0 spiro atoms. The molecule has 0 unspecified atom stereocenters. The highest BCUT2D eigenvalue weighted by atomic mass is 79.9. The molecule has 0 radical (unpaired) electrons. The van der Waals surface area contributed by atoms with Crippen LogP contribution in [-0.2, 0) is 0 Å². The van der Waals surface area contributed by atoms with E-state index in [4.69, 9.17) is 11.6 Å². The van der Waals surface area contributed by atoms with Crippen LogP contribution in [0.1, 0.15) is 5.56 Å². The fourth-order valence-electron chi connectivity index (χ4n) is 1.47. The highest BCUT2D eigenvalue weighted by Gasteiger charge is 2.08. The summed E-state index contributed by atoms with van der Waals surface area (Å²) >= 11 is 8.94. The Labute approximate surface area is 107 Å². The molecule has 0 heterocycles. The van der Waals surface area contributed by atoms with Gasteiger partial charge in [0.15, 0.2) is 5.82 Å². The van der Waals surface area contributed by atoms with Crippen LogP contribution >= 0.6 is 27.5 Å². The summed E-state index contributed by atoms with van der Waals surface area (Å²) in [6.07, 6.45) is 0. The average molecular weight is 300 g/mol. The third-order valence-electron chi connectivity index (χ3n) is 2.37. The van der Waals surface area contributed by atoms with Crippen LogP contribution in [0.3, 0.4) is 0 Å². The normalized spacial score (nSPS) is 10.5. The number of rotatable bonds is 1. The molecule has 0 aliphatic rings. The van der Waals surface area contributed by atoms with Crippen LogP contribution in [0.2, 0.25) is 5.02 Å². The van der Waals surface area contributed by atoms with E-state index in [0.717, 1.165) is 11.1 Å². The van der Waals surface area contributed by atoms with E-state index in [1.54, 1.807) is 12.1 Å². The van der Waals surface area contributed by atoms with Gasteiger partial charge in [-0.15, -0.1) is 0 Å². The Morgan fingerprint density at radius 2 is 1.69 bits per heavy atom. The van der Waals surface area contributed by atoms with Gasteiger partial charge in [-0.3, -0.25) is 0 Å². The molecule has 2 rings (SSSR count). The van der Waals surface area contributed by atoms with Crippen LogP contribution in [0.5, 0.6) is 0 Å². The van der Waals surface area contributed by atoms with Crippen LogP contribution in [-0.4, -0.2) is 0 Å². The lowest BCUT2D eigenvalue weighted by molar-refractivity contribution is 0.622. The van der Waals surface area contributed by atoms with E-state index < -0.39 is 5.82 Å². The first kappa shape index (κ1) is 11.6. The van der Waals surface area contributed by atoms with Gasteiger partial charge in [-0.1, -0.05) is 41.4 Å². The van der Waals surface area contributed by atoms with Gasteiger partial charge in [0.05, 0.1) is 9.50 Å². The first-order valence-corrected chi connectivity index (χ1v) is 5.96. The molecule has 82 valence electrons. The van der Waals surface area contributed by atoms with Crippen molar-refractivity contribution in [2.24, 2.45) is 0 Å². The van der Waals surface area contributed by atoms with E-state index in [0.29, 0.717) is 4.47 Å². The van der Waals surface area contributed by atoms with Crippen molar-refractivity contribution in [1.29, 1.82) is 0 Å². The van der Waals surface area contributed by atoms with Crippen LogP contribution in [0.4, 0.5) is 4.39 Å². The van der Waals surface area contributed by atoms with Crippen molar-refractivity contribution in [3.63, 3.8) is 0 Å². The molecule has 0 bridgehead atoms. The van der Waals surface area contributed by atoms with Gasteiger partial charge in [-0.05, 0) is 46.1 Å². The van der Waals surface area contributed by atoms with Gasteiger partial charge in [-0.25, -0.2) is 4.39 Å². The Kier molecular flexibility index (Phi) is 3.31. The Hall–Kier alpha value is -0.860. The molecule has 2 aromatic rings. The maximum atomic E-state index is 13.3. The number of aryl methyl sites for hydroxylation is 1. The predicted molar refractivity (Wildman–Crippen MR) is 69.3 cm³/mol. The highest BCUT2D eigenvalue weighted by molar-refractivity contribution is 9.10. The van der Waals surface area contributed by atoms with Crippen LogP contribution in [0.15, 0.2) is 40.9 Å². The number of benzene rings is 2. The molecular formula is C13H9BrClF. The first-order chi connectivity index (χ1) is 7.58. The zero-order chi connectivity index (χ0) is 11.7. The standard InChI is InChI=1S/C13H9BrClF/c1-8-2-4-9(5-3-8)10-6-11(14)13(16)12(15)7-10/h2-7H,1H3. The summed E-state index contributed by atoms with van der Waals surface area (Å²) in [5, 5.41) is 0.130. The summed E-state index contributed by atoms with van der Waals surface area (Å²) in [7, 11) is 0. The predicted octanol–water partition coefficient (Wildman–Crippen LogP) is 5.22. The van der Waals surface area contributed by atoms with Crippen LogP contribution in [0, 0.1) is 12.7 Å². The molecule has 3 heteroatoms. The first-order valence-electron chi connectivity index (χ1n) is 4.79. The molecule has 0 aromatic heterocycles. The summed E-state index contributed by atoms with van der Waals surface area (Å²) in [6.45, 7) is 2.03. The van der Waals surface area contributed by atoms with Gasteiger partial charge in [0.25, 0.3) is 0 Å². The van der Waals surface area contributed by atoms with Crippen molar-refractivity contribution in [2.75, 3.05) is 0 Å². The SMILES string of the molecule is Cc1ccc(-c2cc(Cl)c(F)c(Br)c2)cc1. The van der Waals surface area contributed by atoms with Gasteiger partial charge in [0, 0.05) is 0 Å². The molecule has 0 fully saturated rings. The van der Waals surface area contributed by atoms with Crippen molar-refractivity contribution in [1.82, 2.24) is 0 Å². The summed E-state index contributed by atoms with van der Waals surface area (Å²) in [5.74, 6) is -0.419. The van der Waals surface area contributed by atoms with E-state index >= 15 is 0 Å². The van der Waals surface area contributed by atoms with Crippen molar-refractivity contribution < 1.29 is 4.39 Å². The maximum absolute atomic E-state index is 13.3. The molecule has 0 aliphatic heterocycles. The Morgan fingerprint density at radius 1 is 1.06 bits per heavy atom. The number of hydrogen-bond acceptors (Lipinski definition) is 0. The zero-order valence-electron chi connectivity index (χ0n) is 8.60. The Bertz CT molecular complexity index is 497. The molecule has 0 saturated heterocycles. The Balaban J connectivity index is 2.52. The quantitative estimate of drug-likeness (QED) is 0.634. The molecule has 0 nitrogen and oxygen atoms in total. The minimum absolute atomic E-state index is 0.130. The second kappa shape index (κ2) is 4.56. The number of hydrogen-bond donors (Lipinski definition) is 0. The van der Waals surface area contributed by atoms with Gasteiger partial charge in [0.2, 0.25) is 0 Å². The second-order valence-corrected chi connectivity index (χ2v) is 4.88. The van der Waals surface area contributed by atoms with Gasteiger partial charge < -0.3 is 0 Å². The average Bonchev–Trinajstić information content (AvgIpc) is 2.26. The monoisotopic (exact) mass is 298 g/mol. The lowest BCUT2D eigenvalue weighted by atomic mass is 10.0. The summed E-state index contributed by atoms with van der Waals surface area (Å²) in [4.78, 5) is 0. The van der Waals surface area contributed by atoms with Crippen molar-refractivity contribution >= 4 is 27.5 Å². The summed E-state index contributed by atoms with van der Waals surface area (Å²) < 4.78 is 13.7. The van der Waals surface area contributed by atoms with Gasteiger partial charge >= 0.3 is 0 Å². The molecule has 0 aliphatic carbocycles. The lowest BCUT2D eigenvalue weighted by Crippen LogP contribution is -1.84.